The van der Waals surface area contributed by atoms with Gasteiger partial charge in [0, 0.05) is 24.5 Å². The number of hydrogen-bond acceptors (Lipinski definition) is 4. The van der Waals surface area contributed by atoms with Crippen molar-refractivity contribution in [1.29, 1.82) is 0 Å². The van der Waals surface area contributed by atoms with Crippen molar-refractivity contribution in [2.45, 2.75) is 50.9 Å². The van der Waals surface area contributed by atoms with Gasteiger partial charge in [0.2, 0.25) is 0 Å². The van der Waals surface area contributed by atoms with E-state index in [1.54, 1.807) is 4.68 Å². The van der Waals surface area contributed by atoms with E-state index in [1.807, 2.05) is 43.7 Å². The highest BCUT2D eigenvalue weighted by molar-refractivity contribution is 5.48. The van der Waals surface area contributed by atoms with Crippen LogP contribution in [0.2, 0.25) is 0 Å². The first-order valence-corrected chi connectivity index (χ1v) is 8.31. The minimum absolute atomic E-state index is 0.0723. The second-order valence-corrected chi connectivity index (χ2v) is 6.35. The Kier molecular flexibility index (Phi) is 4.86. The first-order chi connectivity index (χ1) is 11.1. The first-order valence-electron chi connectivity index (χ1n) is 8.31. The summed E-state index contributed by atoms with van der Waals surface area (Å²) >= 11 is 0. The molecule has 0 spiro atoms. The fraction of sp³-hybridized carbons (Fsp3) is 0.500. The molecule has 5 heteroatoms. The summed E-state index contributed by atoms with van der Waals surface area (Å²) in [6, 6.07) is 8.13. The largest absolute Gasteiger partial charge is 0.488 e. The molecule has 0 amide bonds. The zero-order valence-corrected chi connectivity index (χ0v) is 13.8. The molecule has 124 valence electrons. The SMILES string of the molecule is CC(Nc1ccc(OC2CCCCC2O)cc1)c1cnn(C)c1. The van der Waals surface area contributed by atoms with Gasteiger partial charge >= 0.3 is 0 Å². The Labute approximate surface area is 137 Å². The third-order valence-corrected chi connectivity index (χ3v) is 4.42. The van der Waals surface area contributed by atoms with Gasteiger partial charge in [0.1, 0.15) is 11.9 Å². The summed E-state index contributed by atoms with van der Waals surface area (Å²) in [5, 5.41) is 17.6. The molecule has 1 aliphatic carbocycles. The molecule has 2 N–H and O–H groups in total. The maximum Gasteiger partial charge on any atom is 0.124 e. The topological polar surface area (TPSA) is 59.3 Å². The van der Waals surface area contributed by atoms with Crippen LogP contribution in [-0.4, -0.2) is 27.1 Å². The molecule has 0 bridgehead atoms. The average molecular weight is 315 g/mol. The van der Waals surface area contributed by atoms with Gasteiger partial charge in [0.25, 0.3) is 0 Å². The minimum Gasteiger partial charge on any atom is -0.488 e. The van der Waals surface area contributed by atoms with Crippen LogP contribution in [0.5, 0.6) is 5.75 Å². The van der Waals surface area contributed by atoms with Crippen molar-refractivity contribution in [2.24, 2.45) is 7.05 Å². The molecular formula is C18H25N3O2. The van der Waals surface area contributed by atoms with Crippen molar-refractivity contribution in [3.63, 3.8) is 0 Å². The van der Waals surface area contributed by atoms with Crippen LogP contribution in [0.1, 0.15) is 44.2 Å². The number of aromatic nitrogens is 2. The summed E-state index contributed by atoms with van der Waals surface area (Å²) in [6.45, 7) is 2.11. The van der Waals surface area contributed by atoms with Crippen LogP contribution in [-0.2, 0) is 7.05 Å². The number of hydrogen-bond donors (Lipinski definition) is 2. The van der Waals surface area contributed by atoms with E-state index in [2.05, 4.69) is 17.3 Å². The highest BCUT2D eigenvalue weighted by Gasteiger charge is 2.24. The maximum atomic E-state index is 9.99. The Balaban J connectivity index is 1.58. The van der Waals surface area contributed by atoms with Crippen molar-refractivity contribution in [3.8, 4) is 5.75 Å². The van der Waals surface area contributed by atoms with E-state index in [1.165, 1.54) is 0 Å². The van der Waals surface area contributed by atoms with Crippen LogP contribution in [0, 0.1) is 0 Å². The van der Waals surface area contributed by atoms with Gasteiger partial charge in [-0.25, -0.2) is 0 Å². The van der Waals surface area contributed by atoms with Crippen molar-refractivity contribution in [2.75, 3.05) is 5.32 Å². The second-order valence-electron chi connectivity index (χ2n) is 6.35. The highest BCUT2D eigenvalue weighted by atomic mass is 16.5. The van der Waals surface area contributed by atoms with Gasteiger partial charge in [-0.15, -0.1) is 0 Å². The molecular weight excluding hydrogens is 290 g/mol. The Morgan fingerprint density at radius 1 is 1.26 bits per heavy atom. The molecule has 1 aliphatic rings. The normalized spacial score (nSPS) is 22.6. The number of aliphatic hydroxyl groups excluding tert-OH is 1. The van der Waals surface area contributed by atoms with E-state index in [0.717, 1.165) is 42.7 Å². The first kappa shape index (κ1) is 15.9. The predicted molar refractivity (Wildman–Crippen MR) is 90.6 cm³/mol. The van der Waals surface area contributed by atoms with E-state index >= 15 is 0 Å². The standard InChI is InChI=1S/C18H25N3O2/c1-13(14-11-19-21(2)12-14)20-15-7-9-16(10-8-15)23-18-6-4-3-5-17(18)22/h7-13,17-18,20,22H,3-6H2,1-2H3. The lowest BCUT2D eigenvalue weighted by atomic mass is 9.95. The number of nitrogens with zero attached hydrogens (tertiary/aromatic N) is 2. The summed E-state index contributed by atoms with van der Waals surface area (Å²) in [7, 11) is 1.92. The van der Waals surface area contributed by atoms with Gasteiger partial charge in [0.05, 0.1) is 18.3 Å². The molecule has 0 radical (unpaired) electrons. The monoisotopic (exact) mass is 315 g/mol. The van der Waals surface area contributed by atoms with Crippen molar-refractivity contribution >= 4 is 5.69 Å². The van der Waals surface area contributed by atoms with Gasteiger partial charge in [-0.05, 0) is 50.5 Å². The molecule has 0 saturated heterocycles. The van der Waals surface area contributed by atoms with Crippen LogP contribution in [0.25, 0.3) is 0 Å². The molecule has 23 heavy (non-hydrogen) atoms. The maximum absolute atomic E-state index is 9.99. The quantitative estimate of drug-likeness (QED) is 0.889. The number of rotatable bonds is 5. The number of aliphatic hydroxyl groups is 1. The third-order valence-electron chi connectivity index (χ3n) is 4.42. The second kappa shape index (κ2) is 7.04. The Bertz CT molecular complexity index is 623. The van der Waals surface area contributed by atoms with Crippen molar-refractivity contribution < 1.29 is 9.84 Å². The summed E-state index contributed by atoms with van der Waals surface area (Å²) in [5.41, 5.74) is 2.19. The molecule has 3 rings (SSSR count). The van der Waals surface area contributed by atoms with Gasteiger partial charge < -0.3 is 15.2 Å². The van der Waals surface area contributed by atoms with Gasteiger partial charge in [-0.1, -0.05) is 6.42 Å². The Morgan fingerprint density at radius 2 is 2.00 bits per heavy atom. The molecule has 0 aliphatic heterocycles. The van der Waals surface area contributed by atoms with E-state index in [0.29, 0.717) is 0 Å². The van der Waals surface area contributed by atoms with E-state index in [9.17, 15) is 5.11 Å². The van der Waals surface area contributed by atoms with Crippen LogP contribution in [0.3, 0.4) is 0 Å². The lowest BCUT2D eigenvalue weighted by molar-refractivity contribution is 0.00688. The summed E-state index contributed by atoms with van der Waals surface area (Å²) in [5.74, 6) is 0.815. The summed E-state index contributed by atoms with van der Waals surface area (Å²) in [4.78, 5) is 0. The van der Waals surface area contributed by atoms with Crippen LogP contribution >= 0.6 is 0 Å². The molecule has 3 unspecified atom stereocenters. The smallest absolute Gasteiger partial charge is 0.124 e. The Hall–Kier alpha value is -2.01. The molecule has 1 heterocycles. The van der Waals surface area contributed by atoms with E-state index in [4.69, 9.17) is 4.74 Å². The average Bonchev–Trinajstić information content (AvgIpc) is 2.98. The molecule has 1 saturated carbocycles. The van der Waals surface area contributed by atoms with E-state index < -0.39 is 0 Å². The lowest BCUT2D eigenvalue weighted by Crippen LogP contribution is -2.34. The van der Waals surface area contributed by atoms with Gasteiger partial charge in [-0.2, -0.15) is 5.10 Å². The van der Waals surface area contributed by atoms with E-state index in [-0.39, 0.29) is 18.2 Å². The third kappa shape index (κ3) is 4.05. The summed E-state index contributed by atoms with van der Waals surface area (Å²) < 4.78 is 7.73. The zero-order chi connectivity index (χ0) is 16.2. The highest BCUT2D eigenvalue weighted by Crippen LogP contribution is 2.26. The van der Waals surface area contributed by atoms with Crippen molar-refractivity contribution in [3.05, 3.63) is 42.2 Å². The fourth-order valence-corrected chi connectivity index (χ4v) is 3.02. The molecule has 2 aromatic rings. The zero-order valence-electron chi connectivity index (χ0n) is 13.8. The van der Waals surface area contributed by atoms with Crippen molar-refractivity contribution in [1.82, 2.24) is 9.78 Å². The van der Waals surface area contributed by atoms with Gasteiger partial charge in [-0.3, -0.25) is 4.68 Å². The van der Waals surface area contributed by atoms with Crippen LogP contribution in [0.15, 0.2) is 36.7 Å². The van der Waals surface area contributed by atoms with Crippen LogP contribution in [0.4, 0.5) is 5.69 Å². The molecule has 3 atom stereocenters. The van der Waals surface area contributed by atoms with Gasteiger partial charge in [0.15, 0.2) is 0 Å². The minimum atomic E-state index is -0.341. The predicted octanol–water partition coefficient (Wildman–Crippen LogP) is 3.28. The molecule has 1 aromatic heterocycles. The Morgan fingerprint density at radius 3 is 2.65 bits per heavy atom. The number of nitrogens with one attached hydrogen (secondary N) is 1. The lowest BCUT2D eigenvalue weighted by Gasteiger charge is -2.28. The fourth-order valence-electron chi connectivity index (χ4n) is 3.02. The number of benzene rings is 1. The number of anilines is 1. The summed E-state index contributed by atoms with van der Waals surface area (Å²) in [6.07, 6.45) is 7.47. The number of ether oxygens (including phenoxy) is 1. The molecule has 1 aromatic carbocycles. The molecule has 1 fully saturated rings. The van der Waals surface area contributed by atoms with Crippen LogP contribution < -0.4 is 10.1 Å². The number of aryl methyl sites for hydroxylation is 1. The molecule has 5 nitrogen and oxygen atoms in total.